The average molecular weight is 209 g/mol. The molecule has 0 bridgehead atoms. The molecule has 0 fully saturated rings. The minimum absolute atomic E-state index is 0.617. The van der Waals surface area contributed by atoms with Crippen molar-refractivity contribution < 1.29 is 4.57 Å². The van der Waals surface area contributed by atoms with Gasteiger partial charge >= 0.3 is 0 Å². The van der Waals surface area contributed by atoms with E-state index in [1.54, 1.807) is 0 Å². The Hall–Kier alpha value is -0.790. The number of aryl methyl sites for hydroxylation is 2. The van der Waals surface area contributed by atoms with Crippen molar-refractivity contribution in [2.75, 3.05) is 0 Å². The van der Waals surface area contributed by atoms with E-state index in [0.29, 0.717) is 5.92 Å². The van der Waals surface area contributed by atoms with E-state index in [1.807, 2.05) is 0 Å². The van der Waals surface area contributed by atoms with Gasteiger partial charge in [0, 0.05) is 5.92 Å². The highest BCUT2D eigenvalue weighted by Gasteiger charge is 2.12. The van der Waals surface area contributed by atoms with Gasteiger partial charge in [0.15, 0.2) is 0 Å². The van der Waals surface area contributed by atoms with Gasteiger partial charge in [-0.15, -0.1) is 0 Å². The van der Waals surface area contributed by atoms with Crippen LogP contribution in [0.5, 0.6) is 0 Å². The molecule has 86 valence electrons. The summed E-state index contributed by atoms with van der Waals surface area (Å²) in [5.74, 6) is 0.617. The Kier molecular flexibility index (Phi) is 4.86. The molecule has 0 aliphatic rings. The third-order valence-corrected chi connectivity index (χ3v) is 2.89. The molecule has 0 saturated heterocycles. The smallest absolute Gasteiger partial charge is 0.237 e. The standard InChI is InChI=1S/C13H25N2/c1-5-6-7-8-9-15-10-13(12(2)3)14(4)11-15/h10-12H,5-9H2,1-4H3/q+1. The molecule has 0 unspecified atom stereocenters. The summed E-state index contributed by atoms with van der Waals surface area (Å²) in [5, 5.41) is 0. The molecule has 0 N–H and O–H groups in total. The van der Waals surface area contributed by atoms with Gasteiger partial charge in [0.2, 0.25) is 6.33 Å². The van der Waals surface area contributed by atoms with Crippen molar-refractivity contribution in [3.8, 4) is 0 Å². The highest BCUT2D eigenvalue weighted by atomic mass is 15.1. The van der Waals surface area contributed by atoms with E-state index in [4.69, 9.17) is 0 Å². The fraction of sp³-hybridized carbons (Fsp3) is 0.769. The quantitative estimate of drug-likeness (QED) is 0.503. The number of rotatable bonds is 6. The minimum Gasteiger partial charge on any atom is -0.237 e. The highest BCUT2D eigenvalue weighted by molar-refractivity contribution is 4.94. The maximum atomic E-state index is 2.32. The number of nitrogens with zero attached hydrogens (tertiary/aromatic N) is 2. The van der Waals surface area contributed by atoms with Gasteiger partial charge < -0.3 is 0 Å². The van der Waals surface area contributed by atoms with E-state index in [1.165, 1.54) is 37.9 Å². The van der Waals surface area contributed by atoms with Gasteiger partial charge in [-0.3, -0.25) is 0 Å². The number of aromatic nitrogens is 2. The zero-order chi connectivity index (χ0) is 11.3. The van der Waals surface area contributed by atoms with Crippen molar-refractivity contribution >= 4 is 0 Å². The number of hydrogen-bond donors (Lipinski definition) is 0. The van der Waals surface area contributed by atoms with Crippen LogP contribution in [-0.2, 0) is 13.6 Å². The summed E-state index contributed by atoms with van der Waals surface area (Å²) in [5.41, 5.74) is 1.42. The predicted molar refractivity (Wildman–Crippen MR) is 63.8 cm³/mol. The number of hydrogen-bond acceptors (Lipinski definition) is 0. The van der Waals surface area contributed by atoms with Crippen LogP contribution in [0.1, 0.15) is 58.1 Å². The average Bonchev–Trinajstić information content (AvgIpc) is 2.55. The van der Waals surface area contributed by atoms with Gasteiger partial charge in [0.1, 0.15) is 11.9 Å². The van der Waals surface area contributed by atoms with Crippen molar-refractivity contribution in [1.82, 2.24) is 4.57 Å². The molecule has 2 nitrogen and oxygen atoms in total. The maximum absolute atomic E-state index is 2.32. The molecule has 0 aliphatic heterocycles. The summed E-state index contributed by atoms with van der Waals surface area (Å²) in [7, 11) is 2.14. The lowest BCUT2D eigenvalue weighted by molar-refractivity contribution is -0.679. The first-order chi connectivity index (χ1) is 7.15. The van der Waals surface area contributed by atoms with Crippen LogP contribution in [0, 0.1) is 0 Å². The molecular weight excluding hydrogens is 184 g/mol. The van der Waals surface area contributed by atoms with Crippen LogP contribution < -0.4 is 4.57 Å². The summed E-state index contributed by atoms with van der Waals surface area (Å²) >= 11 is 0. The molecule has 2 heteroatoms. The first-order valence-electron chi connectivity index (χ1n) is 6.20. The van der Waals surface area contributed by atoms with Crippen LogP contribution >= 0.6 is 0 Å². The summed E-state index contributed by atoms with van der Waals surface area (Å²) < 4.78 is 4.56. The van der Waals surface area contributed by atoms with E-state index in [9.17, 15) is 0 Å². The molecule has 0 amide bonds. The zero-order valence-electron chi connectivity index (χ0n) is 10.7. The summed E-state index contributed by atoms with van der Waals surface area (Å²) in [4.78, 5) is 0. The molecule has 0 atom stereocenters. The zero-order valence-corrected chi connectivity index (χ0v) is 10.7. The summed E-state index contributed by atoms with van der Waals surface area (Å²) in [6.07, 6.45) is 9.84. The van der Waals surface area contributed by atoms with Crippen molar-refractivity contribution in [3.05, 3.63) is 18.2 Å². The predicted octanol–water partition coefficient (Wildman–Crippen LogP) is 3.02. The Morgan fingerprint density at radius 3 is 2.53 bits per heavy atom. The van der Waals surface area contributed by atoms with Crippen LogP contribution in [-0.4, -0.2) is 4.57 Å². The molecule has 0 aromatic carbocycles. The topological polar surface area (TPSA) is 8.81 Å². The molecule has 1 aromatic heterocycles. The summed E-state index contributed by atoms with van der Waals surface area (Å²) in [6.45, 7) is 7.92. The Balaban J connectivity index is 2.45. The minimum atomic E-state index is 0.617. The van der Waals surface area contributed by atoms with E-state index < -0.39 is 0 Å². The van der Waals surface area contributed by atoms with E-state index in [2.05, 4.69) is 49.5 Å². The molecule has 0 saturated carbocycles. The van der Waals surface area contributed by atoms with Gasteiger partial charge in [-0.25, -0.2) is 9.13 Å². The first-order valence-corrected chi connectivity index (χ1v) is 6.20. The van der Waals surface area contributed by atoms with Crippen LogP contribution in [0.15, 0.2) is 12.5 Å². The lowest BCUT2D eigenvalue weighted by Crippen LogP contribution is -2.30. The molecule has 0 spiro atoms. The second-order valence-electron chi connectivity index (χ2n) is 4.73. The second kappa shape index (κ2) is 5.94. The molecule has 15 heavy (non-hydrogen) atoms. The van der Waals surface area contributed by atoms with Gasteiger partial charge in [-0.05, 0) is 12.8 Å². The summed E-state index contributed by atoms with van der Waals surface area (Å²) in [6, 6.07) is 0. The van der Waals surface area contributed by atoms with Gasteiger partial charge in [0.25, 0.3) is 0 Å². The largest absolute Gasteiger partial charge is 0.243 e. The third-order valence-electron chi connectivity index (χ3n) is 2.89. The van der Waals surface area contributed by atoms with Crippen LogP contribution in [0.4, 0.5) is 0 Å². The SMILES string of the molecule is CCCCCCn1cc(C(C)C)[n+](C)c1. The molecular formula is C13H25N2+. The number of unbranched alkanes of at least 4 members (excludes halogenated alkanes) is 3. The lowest BCUT2D eigenvalue weighted by atomic mass is 10.1. The fourth-order valence-corrected chi connectivity index (χ4v) is 1.98. The van der Waals surface area contributed by atoms with Gasteiger partial charge in [0.05, 0.1) is 13.6 Å². The maximum Gasteiger partial charge on any atom is 0.243 e. The van der Waals surface area contributed by atoms with Crippen molar-refractivity contribution in [3.63, 3.8) is 0 Å². The molecule has 1 aromatic rings. The van der Waals surface area contributed by atoms with E-state index >= 15 is 0 Å². The Bertz CT molecular complexity index is 287. The van der Waals surface area contributed by atoms with Gasteiger partial charge in [-0.2, -0.15) is 0 Å². The fourth-order valence-electron chi connectivity index (χ4n) is 1.98. The van der Waals surface area contributed by atoms with Crippen molar-refractivity contribution in [2.45, 2.75) is 58.9 Å². The lowest BCUT2D eigenvalue weighted by Gasteiger charge is -1.97. The molecule has 1 rings (SSSR count). The molecule has 1 heterocycles. The monoisotopic (exact) mass is 209 g/mol. The highest BCUT2D eigenvalue weighted by Crippen LogP contribution is 2.09. The Morgan fingerprint density at radius 2 is 2.00 bits per heavy atom. The third kappa shape index (κ3) is 3.69. The van der Waals surface area contributed by atoms with E-state index in [0.717, 1.165) is 0 Å². The van der Waals surface area contributed by atoms with Crippen LogP contribution in [0.2, 0.25) is 0 Å². The second-order valence-corrected chi connectivity index (χ2v) is 4.73. The first kappa shape index (κ1) is 12.3. The van der Waals surface area contributed by atoms with E-state index in [-0.39, 0.29) is 0 Å². The van der Waals surface area contributed by atoms with Crippen molar-refractivity contribution in [2.24, 2.45) is 7.05 Å². The normalized spacial score (nSPS) is 11.3. The van der Waals surface area contributed by atoms with Crippen LogP contribution in [0.3, 0.4) is 0 Å². The molecule has 0 aliphatic carbocycles. The Morgan fingerprint density at radius 1 is 1.27 bits per heavy atom. The molecule has 0 radical (unpaired) electrons. The number of imidazole rings is 1. The van der Waals surface area contributed by atoms with Gasteiger partial charge in [-0.1, -0.05) is 33.6 Å². The van der Waals surface area contributed by atoms with Crippen molar-refractivity contribution in [1.29, 1.82) is 0 Å². The Labute approximate surface area is 93.9 Å². The van der Waals surface area contributed by atoms with Crippen LogP contribution in [0.25, 0.3) is 0 Å².